The second-order valence-electron chi connectivity index (χ2n) is 14.5. The van der Waals surface area contributed by atoms with Crippen LogP contribution in [0.3, 0.4) is 0 Å². The molecule has 2 nitrogen and oxygen atoms in total. The quantitative estimate of drug-likeness (QED) is 0.172. The molecule has 0 amide bonds. The van der Waals surface area contributed by atoms with E-state index in [2.05, 4.69) is 217 Å². The highest BCUT2D eigenvalue weighted by molar-refractivity contribution is 6.07. The Hall–Kier alpha value is -7.16. The van der Waals surface area contributed by atoms with Gasteiger partial charge in [0.2, 0.25) is 0 Å². The Morgan fingerprint density at radius 2 is 1.00 bits per heavy atom. The van der Waals surface area contributed by atoms with E-state index >= 15 is 0 Å². The molecule has 0 N–H and O–H groups in total. The molecule has 1 aromatic heterocycles. The van der Waals surface area contributed by atoms with Crippen LogP contribution in [0.25, 0.3) is 55.0 Å². The van der Waals surface area contributed by atoms with Crippen molar-refractivity contribution in [1.82, 2.24) is 0 Å². The highest BCUT2D eigenvalue weighted by Crippen LogP contribution is 2.57. The summed E-state index contributed by atoms with van der Waals surface area (Å²) in [6.07, 6.45) is 0. The summed E-state index contributed by atoms with van der Waals surface area (Å²) in [6.45, 7) is 0. The van der Waals surface area contributed by atoms with Crippen LogP contribution in [0.2, 0.25) is 0 Å². The molecule has 0 saturated heterocycles. The van der Waals surface area contributed by atoms with Crippen LogP contribution in [0.15, 0.2) is 217 Å². The van der Waals surface area contributed by atoms with Crippen molar-refractivity contribution in [2.45, 2.75) is 5.41 Å². The van der Waals surface area contributed by atoms with Gasteiger partial charge in [-0.15, -0.1) is 0 Å². The van der Waals surface area contributed by atoms with Crippen LogP contribution >= 0.6 is 0 Å². The fourth-order valence-corrected chi connectivity index (χ4v) is 9.06. The Morgan fingerprint density at radius 3 is 1.82 bits per heavy atom. The van der Waals surface area contributed by atoms with E-state index in [0.29, 0.717) is 0 Å². The van der Waals surface area contributed by atoms with E-state index in [-0.39, 0.29) is 0 Å². The Morgan fingerprint density at radius 1 is 0.345 bits per heavy atom. The number of furan rings is 1. The normalized spacial score (nSPS) is 14.6. The molecule has 1 aliphatic carbocycles. The number of rotatable bonds is 6. The van der Waals surface area contributed by atoms with Gasteiger partial charge in [-0.1, -0.05) is 146 Å². The smallest absolute Gasteiger partial charge is 0.137 e. The molecule has 0 spiro atoms. The zero-order chi connectivity index (χ0) is 36.3. The van der Waals surface area contributed by atoms with Crippen molar-refractivity contribution in [2.75, 3.05) is 4.90 Å². The predicted octanol–water partition coefficient (Wildman–Crippen LogP) is 14.2. The zero-order valence-corrected chi connectivity index (χ0v) is 30.1. The first-order valence-corrected chi connectivity index (χ1v) is 18.9. The van der Waals surface area contributed by atoms with Gasteiger partial charge in [-0.05, 0) is 116 Å². The molecule has 2 heteroatoms. The van der Waals surface area contributed by atoms with Gasteiger partial charge in [0.05, 0.1) is 5.41 Å². The van der Waals surface area contributed by atoms with E-state index in [1.54, 1.807) is 0 Å². The molecule has 0 bridgehead atoms. The highest BCUT2D eigenvalue weighted by Gasteiger charge is 2.46. The first-order chi connectivity index (χ1) is 27.3. The lowest BCUT2D eigenvalue weighted by Crippen LogP contribution is -2.28. The first kappa shape index (κ1) is 31.4. The fraction of sp³-hybridized carbons (Fsp3) is 0.0189. The van der Waals surface area contributed by atoms with Crippen LogP contribution in [-0.4, -0.2) is 0 Å². The number of hydrogen-bond donors (Lipinski definition) is 0. The molecule has 258 valence electrons. The summed E-state index contributed by atoms with van der Waals surface area (Å²) >= 11 is 0. The molecule has 55 heavy (non-hydrogen) atoms. The number of benzene rings is 9. The van der Waals surface area contributed by atoms with E-state index in [1.165, 1.54) is 55.3 Å². The Bertz CT molecular complexity index is 3040. The molecular formula is C53H35NO. The summed E-state index contributed by atoms with van der Waals surface area (Å²) in [4.78, 5) is 2.31. The molecule has 10 aromatic rings. The summed E-state index contributed by atoms with van der Waals surface area (Å²) in [5.41, 5.74) is 14.5. The van der Waals surface area contributed by atoms with Gasteiger partial charge in [0, 0.05) is 33.9 Å². The Labute approximate surface area is 320 Å². The SMILES string of the molecule is c1ccc(-c2cccc(N(c3ccccc3)c3ccc4c(c3)oc3ccc(C5(c6ccccc6)c6ccccc6-c6cc7ccccc7cc65)cc34)c2)cc1. The van der Waals surface area contributed by atoms with Gasteiger partial charge in [0.25, 0.3) is 0 Å². The third-order valence-electron chi connectivity index (χ3n) is 11.5. The maximum absolute atomic E-state index is 6.73. The molecular weight excluding hydrogens is 667 g/mol. The molecule has 1 unspecified atom stereocenters. The number of fused-ring (bicyclic) bond motifs is 7. The van der Waals surface area contributed by atoms with Crippen molar-refractivity contribution in [3.63, 3.8) is 0 Å². The minimum atomic E-state index is -0.511. The molecule has 11 rings (SSSR count). The topological polar surface area (TPSA) is 16.4 Å². The summed E-state index contributed by atoms with van der Waals surface area (Å²) in [5, 5.41) is 4.70. The largest absolute Gasteiger partial charge is 0.456 e. The average Bonchev–Trinajstić information content (AvgIpc) is 3.76. The predicted molar refractivity (Wildman–Crippen MR) is 229 cm³/mol. The lowest BCUT2D eigenvalue weighted by atomic mass is 9.67. The number of nitrogens with zero attached hydrogens (tertiary/aromatic N) is 1. The van der Waals surface area contributed by atoms with E-state index in [1.807, 2.05) is 0 Å². The first-order valence-electron chi connectivity index (χ1n) is 18.9. The molecule has 1 heterocycles. The zero-order valence-electron chi connectivity index (χ0n) is 30.1. The summed E-state index contributed by atoms with van der Waals surface area (Å²) in [5.74, 6) is 0. The molecule has 1 atom stereocenters. The third-order valence-corrected chi connectivity index (χ3v) is 11.5. The van der Waals surface area contributed by atoms with E-state index < -0.39 is 5.41 Å². The fourth-order valence-electron chi connectivity index (χ4n) is 9.06. The highest BCUT2D eigenvalue weighted by atomic mass is 16.3. The van der Waals surface area contributed by atoms with Gasteiger partial charge in [-0.3, -0.25) is 0 Å². The van der Waals surface area contributed by atoms with Gasteiger partial charge in [0.1, 0.15) is 11.2 Å². The van der Waals surface area contributed by atoms with Crippen LogP contribution in [0.5, 0.6) is 0 Å². The Kier molecular flexibility index (Phi) is 7.11. The summed E-state index contributed by atoms with van der Waals surface area (Å²) in [6, 6.07) is 76.9. The van der Waals surface area contributed by atoms with Crippen LogP contribution in [0.1, 0.15) is 22.3 Å². The molecule has 0 aliphatic heterocycles. The minimum absolute atomic E-state index is 0.511. The molecule has 1 aliphatic rings. The van der Waals surface area contributed by atoms with Gasteiger partial charge in [-0.25, -0.2) is 0 Å². The van der Waals surface area contributed by atoms with E-state index in [9.17, 15) is 0 Å². The summed E-state index contributed by atoms with van der Waals surface area (Å²) < 4.78 is 6.73. The maximum Gasteiger partial charge on any atom is 0.137 e. The van der Waals surface area contributed by atoms with Crippen molar-refractivity contribution >= 4 is 49.8 Å². The van der Waals surface area contributed by atoms with Gasteiger partial charge in [-0.2, -0.15) is 0 Å². The number of para-hydroxylation sites is 1. The minimum Gasteiger partial charge on any atom is -0.456 e. The monoisotopic (exact) mass is 701 g/mol. The lowest BCUT2D eigenvalue weighted by molar-refractivity contribution is 0.668. The van der Waals surface area contributed by atoms with Crippen LogP contribution in [0, 0.1) is 0 Å². The number of anilines is 3. The molecule has 0 saturated carbocycles. The molecule has 0 fully saturated rings. The van der Waals surface area contributed by atoms with Crippen molar-refractivity contribution in [1.29, 1.82) is 0 Å². The van der Waals surface area contributed by atoms with Crippen molar-refractivity contribution in [3.8, 4) is 22.3 Å². The molecule has 0 radical (unpaired) electrons. The van der Waals surface area contributed by atoms with Gasteiger partial charge >= 0.3 is 0 Å². The van der Waals surface area contributed by atoms with Crippen LogP contribution < -0.4 is 4.90 Å². The van der Waals surface area contributed by atoms with Crippen LogP contribution in [-0.2, 0) is 5.41 Å². The average molecular weight is 702 g/mol. The third kappa shape index (κ3) is 4.89. The molecule has 9 aromatic carbocycles. The lowest BCUT2D eigenvalue weighted by Gasteiger charge is -2.34. The second-order valence-corrected chi connectivity index (χ2v) is 14.5. The maximum atomic E-state index is 6.73. The van der Waals surface area contributed by atoms with Crippen molar-refractivity contribution in [3.05, 3.63) is 235 Å². The van der Waals surface area contributed by atoms with Crippen molar-refractivity contribution < 1.29 is 4.42 Å². The van der Waals surface area contributed by atoms with E-state index in [0.717, 1.165) is 39.0 Å². The second kappa shape index (κ2) is 12.5. The van der Waals surface area contributed by atoms with E-state index in [4.69, 9.17) is 4.42 Å². The standard InChI is InChI=1S/C53H35NO/c1-4-15-36(16-5-1)37-19-14-24-43(31-37)54(42-22-8-3-9-23-42)44-28-29-46-48-34-41(27-30-51(48)55-52(46)35-44)53(40-20-6-2-7-21-40)49-26-13-12-25-45(49)47-32-38-17-10-11-18-39(38)33-50(47)53/h1-35H. The Balaban J connectivity index is 1.11. The van der Waals surface area contributed by atoms with Crippen molar-refractivity contribution in [2.24, 2.45) is 0 Å². The van der Waals surface area contributed by atoms with Gasteiger partial charge in [0.15, 0.2) is 0 Å². The van der Waals surface area contributed by atoms with Gasteiger partial charge < -0.3 is 9.32 Å². The van der Waals surface area contributed by atoms with Crippen LogP contribution in [0.4, 0.5) is 17.1 Å². The summed E-state index contributed by atoms with van der Waals surface area (Å²) in [7, 11) is 0. The number of hydrogen-bond acceptors (Lipinski definition) is 2.